The van der Waals surface area contributed by atoms with Crippen LogP contribution in [0.3, 0.4) is 0 Å². The summed E-state index contributed by atoms with van der Waals surface area (Å²) in [6.45, 7) is 2.86. The zero-order valence-electron chi connectivity index (χ0n) is 18.8. The van der Waals surface area contributed by atoms with Crippen LogP contribution in [0.2, 0.25) is 0 Å². The van der Waals surface area contributed by atoms with Crippen LogP contribution in [-0.4, -0.2) is 23.5 Å². The molecule has 4 aromatic carbocycles. The number of methoxy groups -OCH3 is 1. The summed E-state index contributed by atoms with van der Waals surface area (Å²) in [6, 6.07) is 32.0. The first-order valence-electron chi connectivity index (χ1n) is 11.5. The first kappa shape index (κ1) is 20.0. The number of hydrogen-bond donors (Lipinski definition) is 0. The maximum absolute atomic E-state index is 5.74. The van der Waals surface area contributed by atoms with Gasteiger partial charge in [-0.3, -0.25) is 4.90 Å². The molecular weight excluding hydrogens is 404 g/mol. The van der Waals surface area contributed by atoms with Crippen LogP contribution in [0.25, 0.3) is 32.9 Å². The number of fused-ring (bicyclic) bond motifs is 5. The maximum Gasteiger partial charge on any atom is 0.128 e. The number of nitrogens with zero attached hydrogens (tertiary/aromatic N) is 2. The number of hydrogen-bond acceptors (Lipinski definition) is 3. The lowest BCUT2D eigenvalue weighted by molar-refractivity contribution is 0.246. The molecule has 0 saturated heterocycles. The van der Waals surface area contributed by atoms with E-state index in [-0.39, 0.29) is 0 Å². The molecule has 0 aliphatic carbocycles. The molecule has 162 valence electrons. The van der Waals surface area contributed by atoms with E-state index in [0.29, 0.717) is 0 Å². The van der Waals surface area contributed by atoms with Gasteiger partial charge in [0, 0.05) is 30.6 Å². The van der Waals surface area contributed by atoms with Gasteiger partial charge >= 0.3 is 0 Å². The van der Waals surface area contributed by atoms with Gasteiger partial charge in [-0.25, -0.2) is 4.98 Å². The van der Waals surface area contributed by atoms with Gasteiger partial charge in [0.15, 0.2) is 0 Å². The summed E-state index contributed by atoms with van der Waals surface area (Å²) in [7, 11) is 1.74. The molecule has 1 aliphatic heterocycles. The third kappa shape index (κ3) is 3.55. The first-order chi connectivity index (χ1) is 16.3. The average molecular weight is 431 g/mol. The van der Waals surface area contributed by atoms with Crippen LogP contribution in [0.1, 0.15) is 16.7 Å². The second-order valence-corrected chi connectivity index (χ2v) is 8.74. The zero-order valence-corrected chi connectivity index (χ0v) is 18.8. The van der Waals surface area contributed by atoms with E-state index in [0.717, 1.165) is 48.6 Å². The van der Waals surface area contributed by atoms with Crippen LogP contribution in [0.5, 0.6) is 5.75 Å². The van der Waals surface area contributed by atoms with Crippen molar-refractivity contribution in [3.8, 4) is 17.0 Å². The second-order valence-electron chi connectivity index (χ2n) is 8.74. The van der Waals surface area contributed by atoms with Gasteiger partial charge in [-0.2, -0.15) is 0 Å². The Morgan fingerprint density at radius 3 is 2.48 bits per heavy atom. The highest BCUT2D eigenvalue weighted by Crippen LogP contribution is 2.40. The molecule has 0 amide bonds. The summed E-state index contributed by atoms with van der Waals surface area (Å²) in [5.74, 6) is 0.868. The fraction of sp³-hybridized carbons (Fsp3) is 0.167. The highest BCUT2D eigenvalue weighted by molar-refractivity contribution is 6.09. The maximum atomic E-state index is 5.74. The summed E-state index contributed by atoms with van der Waals surface area (Å²) in [4.78, 5) is 7.79. The van der Waals surface area contributed by atoms with E-state index in [9.17, 15) is 0 Å². The van der Waals surface area contributed by atoms with Crippen molar-refractivity contribution in [2.45, 2.75) is 19.5 Å². The van der Waals surface area contributed by atoms with E-state index in [4.69, 9.17) is 9.72 Å². The Kier molecular flexibility index (Phi) is 5.04. The van der Waals surface area contributed by atoms with Gasteiger partial charge in [0.2, 0.25) is 0 Å². The Bertz CT molecular complexity index is 1460. The monoisotopic (exact) mass is 430 g/mol. The van der Waals surface area contributed by atoms with Gasteiger partial charge < -0.3 is 4.74 Å². The molecule has 0 radical (unpaired) electrons. The van der Waals surface area contributed by atoms with Crippen LogP contribution in [0, 0.1) is 0 Å². The third-order valence-electron chi connectivity index (χ3n) is 6.76. The molecule has 3 nitrogen and oxygen atoms in total. The van der Waals surface area contributed by atoms with Crippen molar-refractivity contribution in [1.82, 2.24) is 9.88 Å². The van der Waals surface area contributed by atoms with Crippen molar-refractivity contribution < 1.29 is 4.74 Å². The molecule has 0 unspecified atom stereocenters. The predicted octanol–water partition coefficient (Wildman–Crippen LogP) is 6.62. The van der Waals surface area contributed by atoms with Gasteiger partial charge in [-0.05, 0) is 52.1 Å². The van der Waals surface area contributed by atoms with E-state index in [1.54, 1.807) is 7.11 Å². The molecular formula is C30H26N2O. The minimum Gasteiger partial charge on any atom is -0.496 e. The quantitative estimate of drug-likeness (QED) is 0.300. The molecule has 0 spiro atoms. The molecule has 5 aromatic rings. The lowest BCUT2D eigenvalue weighted by atomic mass is 9.89. The Morgan fingerprint density at radius 1 is 0.818 bits per heavy atom. The summed E-state index contributed by atoms with van der Waals surface area (Å²) in [6.07, 6.45) is 1.01. The molecule has 3 heteroatoms. The van der Waals surface area contributed by atoms with Gasteiger partial charge in [0.25, 0.3) is 0 Å². The molecule has 1 aliphatic rings. The third-order valence-corrected chi connectivity index (χ3v) is 6.76. The van der Waals surface area contributed by atoms with Crippen LogP contribution < -0.4 is 4.74 Å². The number of pyridine rings is 1. The molecule has 33 heavy (non-hydrogen) atoms. The summed E-state index contributed by atoms with van der Waals surface area (Å²) in [5, 5.41) is 3.87. The minimum absolute atomic E-state index is 0.868. The molecule has 0 N–H and O–H groups in total. The van der Waals surface area contributed by atoms with Crippen LogP contribution >= 0.6 is 0 Å². The van der Waals surface area contributed by atoms with Crippen molar-refractivity contribution in [3.63, 3.8) is 0 Å². The fourth-order valence-corrected chi connectivity index (χ4v) is 5.21. The highest BCUT2D eigenvalue weighted by Gasteiger charge is 2.25. The van der Waals surface area contributed by atoms with E-state index >= 15 is 0 Å². The van der Waals surface area contributed by atoms with Crippen molar-refractivity contribution in [1.29, 1.82) is 0 Å². The van der Waals surface area contributed by atoms with Gasteiger partial charge in [-0.1, -0.05) is 72.8 Å². The van der Waals surface area contributed by atoms with E-state index < -0.39 is 0 Å². The summed E-state index contributed by atoms with van der Waals surface area (Å²) >= 11 is 0. The minimum atomic E-state index is 0.868. The molecule has 1 aromatic heterocycles. The SMILES string of the molecule is COc1ccccc1-c1nc2ccc3ccccc3c2c2c1CN(Cc1ccccc1)CC2. The topological polar surface area (TPSA) is 25.4 Å². The van der Waals surface area contributed by atoms with E-state index in [1.807, 2.05) is 12.1 Å². The van der Waals surface area contributed by atoms with E-state index in [2.05, 4.69) is 83.8 Å². The number of benzene rings is 4. The Morgan fingerprint density at radius 2 is 1.61 bits per heavy atom. The zero-order chi connectivity index (χ0) is 22.2. The Hall–Kier alpha value is -3.69. The van der Waals surface area contributed by atoms with Crippen molar-refractivity contribution in [2.75, 3.05) is 13.7 Å². The molecule has 2 heterocycles. The van der Waals surface area contributed by atoms with Crippen LogP contribution in [-0.2, 0) is 19.5 Å². The second kappa shape index (κ2) is 8.34. The Labute approximate surface area is 194 Å². The molecule has 0 fully saturated rings. The number of rotatable bonds is 4. The molecule has 0 atom stereocenters. The lowest BCUT2D eigenvalue weighted by Crippen LogP contribution is -2.31. The lowest BCUT2D eigenvalue weighted by Gasteiger charge is -2.31. The van der Waals surface area contributed by atoms with Gasteiger partial charge in [0.1, 0.15) is 5.75 Å². The summed E-state index contributed by atoms with van der Waals surface area (Å²) < 4.78 is 5.74. The normalized spacial score (nSPS) is 13.8. The fourth-order valence-electron chi connectivity index (χ4n) is 5.21. The average Bonchev–Trinajstić information content (AvgIpc) is 2.88. The van der Waals surface area contributed by atoms with Crippen LogP contribution in [0.15, 0.2) is 91.0 Å². The number of para-hydroxylation sites is 1. The standard InChI is InChI=1S/C30H26N2O/c1-33-28-14-8-7-13-25(28)30-26-20-32(19-21-9-3-2-4-10-21)18-17-24(26)29-23-12-6-5-11-22(23)15-16-27(29)31-30/h2-16H,17-20H2,1H3. The van der Waals surface area contributed by atoms with Gasteiger partial charge in [-0.15, -0.1) is 0 Å². The number of ether oxygens (including phenoxy) is 1. The van der Waals surface area contributed by atoms with Crippen molar-refractivity contribution >= 4 is 21.7 Å². The van der Waals surface area contributed by atoms with Gasteiger partial charge in [0.05, 0.1) is 18.3 Å². The smallest absolute Gasteiger partial charge is 0.128 e. The molecule has 0 bridgehead atoms. The summed E-state index contributed by atoms with van der Waals surface area (Å²) in [5.41, 5.74) is 7.27. The van der Waals surface area contributed by atoms with Crippen molar-refractivity contribution in [2.24, 2.45) is 0 Å². The van der Waals surface area contributed by atoms with Crippen molar-refractivity contribution in [3.05, 3.63) is 108 Å². The Balaban J connectivity index is 1.57. The first-order valence-corrected chi connectivity index (χ1v) is 11.5. The molecule has 0 saturated carbocycles. The van der Waals surface area contributed by atoms with Crippen LogP contribution in [0.4, 0.5) is 0 Å². The molecule has 6 rings (SSSR count). The predicted molar refractivity (Wildman–Crippen MR) is 135 cm³/mol. The largest absolute Gasteiger partial charge is 0.496 e. The van der Waals surface area contributed by atoms with E-state index in [1.165, 1.54) is 32.8 Å². The number of aromatic nitrogens is 1. The highest BCUT2D eigenvalue weighted by atomic mass is 16.5.